The minimum absolute atomic E-state index is 0.601. The lowest BCUT2D eigenvalue weighted by Gasteiger charge is -1.97. The Morgan fingerprint density at radius 3 is 2.82 bits per heavy atom. The first kappa shape index (κ1) is 7.72. The van der Waals surface area contributed by atoms with Crippen LogP contribution in [0.1, 0.15) is 10.5 Å². The zero-order valence-electron chi connectivity index (χ0n) is 6.57. The van der Waals surface area contributed by atoms with Gasteiger partial charge in [0.2, 0.25) is 12.0 Å². The molecule has 1 rings (SSSR count). The molecule has 0 saturated carbocycles. The van der Waals surface area contributed by atoms with Crippen molar-refractivity contribution >= 4 is 6.29 Å². The number of methoxy groups -OCH3 is 1. The molecule has 3 heteroatoms. The summed E-state index contributed by atoms with van der Waals surface area (Å²) in [6, 6.07) is 5.31. The molecule has 0 fully saturated rings. The van der Waals surface area contributed by atoms with Gasteiger partial charge in [0, 0.05) is 6.07 Å². The van der Waals surface area contributed by atoms with E-state index in [4.69, 9.17) is 4.74 Å². The SMILES string of the molecule is COc1cccc(C=O)[n+]1C. The van der Waals surface area contributed by atoms with E-state index in [0.29, 0.717) is 11.6 Å². The Balaban J connectivity index is 3.20. The van der Waals surface area contributed by atoms with Crippen LogP contribution in [0.25, 0.3) is 0 Å². The lowest BCUT2D eigenvalue weighted by Crippen LogP contribution is -2.34. The second-order valence-electron chi connectivity index (χ2n) is 2.17. The summed E-state index contributed by atoms with van der Waals surface area (Å²) in [6.45, 7) is 0. The molecule has 0 bridgehead atoms. The number of aromatic nitrogens is 1. The monoisotopic (exact) mass is 152 g/mol. The van der Waals surface area contributed by atoms with Crippen LogP contribution in [0.3, 0.4) is 0 Å². The van der Waals surface area contributed by atoms with Crippen LogP contribution in [0.15, 0.2) is 18.2 Å². The van der Waals surface area contributed by atoms with Crippen LogP contribution in [0.2, 0.25) is 0 Å². The summed E-state index contributed by atoms with van der Waals surface area (Å²) in [5.74, 6) is 0.676. The number of carbonyl (C=O) groups is 1. The molecule has 0 aliphatic heterocycles. The van der Waals surface area contributed by atoms with E-state index in [1.165, 1.54) is 0 Å². The van der Waals surface area contributed by atoms with Crippen molar-refractivity contribution < 1.29 is 14.1 Å². The smallest absolute Gasteiger partial charge is 0.367 e. The molecule has 0 amide bonds. The van der Waals surface area contributed by atoms with Crippen LogP contribution in [0, 0.1) is 0 Å². The summed E-state index contributed by atoms with van der Waals surface area (Å²) in [5.41, 5.74) is 0.601. The Kier molecular flexibility index (Phi) is 2.21. The van der Waals surface area contributed by atoms with Crippen molar-refractivity contribution in [3.8, 4) is 5.88 Å². The standard InChI is InChI=1S/C8H10NO2/c1-9-7(6-10)4-3-5-8(9)11-2/h3-6H,1-2H3/q+1. The fourth-order valence-electron chi connectivity index (χ4n) is 0.903. The topological polar surface area (TPSA) is 30.2 Å². The van der Waals surface area contributed by atoms with E-state index in [1.54, 1.807) is 36.9 Å². The number of pyridine rings is 1. The van der Waals surface area contributed by atoms with Gasteiger partial charge in [0.05, 0.1) is 13.2 Å². The molecule has 0 radical (unpaired) electrons. The normalized spacial score (nSPS) is 9.27. The number of aldehydes is 1. The molecule has 0 aliphatic rings. The van der Waals surface area contributed by atoms with Gasteiger partial charge in [-0.05, 0) is 6.07 Å². The van der Waals surface area contributed by atoms with Crippen LogP contribution in [0.4, 0.5) is 0 Å². The number of rotatable bonds is 2. The fourth-order valence-corrected chi connectivity index (χ4v) is 0.903. The molecule has 0 aliphatic carbocycles. The number of nitrogens with zero attached hydrogens (tertiary/aromatic N) is 1. The van der Waals surface area contributed by atoms with Crippen LogP contribution < -0.4 is 9.30 Å². The van der Waals surface area contributed by atoms with Crippen molar-refractivity contribution in [2.45, 2.75) is 0 Å². The lowest BCUT2D eigenvalue weighted by atomic mass is 10.3. The zero-order chi connectivity index (χ0) is 8.27. The van der Waals surface area contributed by atoms with Crippen molar-refractivity contribution in [1.82, 2.24) is 0 Å². The second-order valence-corrected chi connectivity index (χ2v) is 2.17. The van der Waals surface area contributed by atoms with Crippen molar-refractivity contribution in [2.75, 3.05) is 7.11 Å². The van der Waals surface area contributed by atoms with E-state index in [1.807, 2.05) is 0 Å². The average molecular weight is 152 g/mol. The Morgan fingerprint density at radius 2 is 2.27 bits per heavy atom. The van der Waals surface area contributed by atoms with Gasteiger partial charge in [-0.3, -0.25) is 4.79 Å². The molecule has 58 valence electrons. The molecular formula is C8H10NO2+. The first-order chi connectivity index (χ1) is 5.29. The predicted molar refractivity (Wildman–Crippen MR) is 39.6 cm³/mol. The van der Waals surface area contributed by atoms with Crippen LogP contribution in [-0.4, -0.2) is 13.4 Å². The van der Waals surface area contributed by atoms with Gasteiger partial charge in [-0.1, -0.05) is 0 Å². The highest BCUT2D eigenvalue weighted by molar-refractivity contribution is 5.69. The number of hydrogen-bond acceptors (Lipinski definition) is 2. The maximum Gasteiger partial charge on any atom is 0.367 e. The largest absolute Gasteiger partial charge is 0.448 e. The maximum absolute atomic E-state index is 10.4. The molecule has 1 aromatic heterocycles. The summed E-state index contributed by atoms with van der Waals surface area (Å²) in [7, 11) is 3.35. The molecular weight excluding hydrogens is 142 g/mol. The van der Waals surface area contributed by atoms with Crippen LogP contribution in [-0.2, 0) is 7.05 Å². The van der Waals surface area contributed by atoms with E-state index in [-0.39, 0.29) is 0 Å². The third kappa shape index (κ3) is 1.37. The molecule has 0 aromatic carbocycles. The zero-order valence-corrected chi connectivity index (χ0v) is 6.57. The molecule has 1 heterocycles. The molecule has 1 aromatic rings. The Labute approximate surface area is 65.2 Å². The van der Waals surface area contributed by atoms with Gasteiger partial charge in [0.15, 0.2) is 0 Å². The van der Waals surface area contributed by atoms with Gasteiger partial charge in [-0.15, -0.1) is 0 Å². The molecule has 0 N–H and O–H groups in total. The van der Waals surface area contributed by atoms with Crippen molar-refractivity contribution in [1.29, 1.82) is 0 Å². The van der Waals surface area contributed by atoms with Gasteiger partial charge < -0.3 is 4.74 Å². The highest BCUT2D eigenvalue weighted by Gasteiger charge is 2.09. The third-order valence-corrected chi connectivity index (χ3v) is 1.55. The second kappa shape index (κ2) is 3.14. The van der Waals surface area contributed by atoms with Gasteiger partial charge in [0.1, 0.15) is 7.05 Å². The number of ether oxygens (including phenoxy) is 1. The highest BCUT2D eigenvalue weighted by Crippen LogP contribution is 2.00. The number of carbonyl (C=O) groups excluding carboxylic acids is 1. The van der Waals surface area contributed by atoms with Crippen LogP contribution >= 0.6 is 0 Å². The quantitative estimate of drug-likeness (QED) is 0.451. The van der Waals surface area contributed by atoms with Crippen molar-refractivity contribution in [3.05, 3.63) is 23.9 Å². The molecule has 0 saturated heterocycles. The Bertz CT molecular complexity index is 271. The van der Waals surface area contributed by atoms with Crippen molar-refractivity contribution in [2.24, 2.45) is 7.05 Å². The Hall–Kier alpha value is -1.38. The minimum Gasteiger partial charge on any atom is -0.448 e. The first-order valence-electron chi connectivity index (χ1n) is 3.28. The van der Waals surface area contributed by atoms with Crippen molar-refractivity contribution in [3.63, 3.8) is 0 Å². The third-order valence-electron chi connectivity index (χ3n) is 1.55. The molecule has 0 atom stereocenters. The summed E-state index contributed by atoms with van der Waals surface area (Å²) in [5, 5.41) is 0. The van der Waals surface area contributed by atoms with E-state index < -0.39 is 0 Å². The van der Waals surface area contributed by atoms with E-state index in [0.717, 1.165) is 6.29 Å². The Morgan fingerprint density at radius 1 is 1.55 bits per heavy atom. The summed E-state index contributed by atoms with van der Waals surface area (Å²) in [6.07, 6.45) is 0.794. The minimum atomic E-state index is 0.601. The molecule has 11 heavy (non-hydrogen) atoms. The van der Waals surface area contributed by atoms with Crippen LogP contribution in [0.5, 0.6) is 5.88 Å². The summed E-state index contributed by atoms with van der Waals surface area (Å²) >= 11 is 0. The van der Waals surface area contributed by atoms with Gasteiger partial charge in [0.25, 0.3) is 0 Å². The van der Waals surface area contributed by atoms with E-state index >= 15 is 0 Å². The molecule has 0 unspecified atom stereocenters. The van der Waals surface area contributed by atoms with Gasteiger partial charge >= 0.3 is 5.88 Å². The maximum atomic E-state index is 10.4. The average Bonchev–Trinajstić information content (AvgIpc) is 2.05. The summed E-state index contributed by atoms with van der Waals surface area (Å²) in [4.78, 5) is 10.4. The lowest BCUT2D eigenvalue weighted by molar-refractivity contribution is -0.678. The molecule has 3 nitrogen and oxygen atoms in total. The first-order valence-corrected chi connectivity index (χ1v) is 3.28. The predicted octanol–water partition coefficient (Wildman–Crippen LogP) is 0.332. The van der Waals surface area contributed by atoms with Gasteiger partial charge in [-0.25, -0.2) is 0 Å². The fraction of sp³-hybridized carbons (Fsp3) is 0.250. The highest BCUT2D eigenvalue weighted by atomic mass is 16.5. The van der Waals surface area contributed by atoms with Gasteiger partial charge in [-0.2, -0.15) is 4.57 Å². The van der Waals surface area contributed by atoms with E-state index in [2.05, 4.69) is 0 Å². The summed E-state index contributed by atoms with van der Waals surface area (Å²) < 4.78 is 6.68. The number of hydrogen-bond donors (Lipinski definition) is 0. The van der Waals surface area contributed by atoms with E-state index in [9.17, 15) is 4.79 Å². The molecule has 0 spiro atoms.